The third kappa shape index (κ3) is 15.4. The predicted octanol–water partition coefficient (Wildman–Crippen LogP) is 2.14. The molecule has 0 unspecified atom stereocenters. The molecule has 0 aliphatic rings. The summed E-state index contributed by atoms with van der Waals surface area (Å²) in [7, 11) is 1.89. The molecule has 0 aliphatic heterocycles. The summed E-state index contributed by atoms with van der Waals surface area (Å²) in [5.41, 5.74) is 0. The maximum atomic E-state index is 11.4. The number of rotatable bonds is 15. The summed E-state index contributed by atoms with van der Waals surface area (Å²) >= 11 is 0. The minimum absolute atomic E-state index is 0.115. The summed E-state index contributed by atoms with van der Waals surface area (Å²) in [5.74, 6) is -0.115. The standard InChI is InChI=1S/C15H31NO4/c1-3-4-5-6-7-8-15(17)20-14-13-19-12-11-18-10-9-16-2/h16H,3-14H2,1-2H3. The first kappa shape index (κ1) is 19.4. The van der Waals surface area contributed by atoms with Crippen LogP contribution in [0.15, 0.2) is 0 Å². The van der Waals surface area contributed by atoms with E-state index in [0.29, 0.717) is 39.5 Å². The monoisotopic (exact) mass is 289 g/mol. The first-order valence-corrected chi connectivity index (χ1v) is 7.77. The molecule has 120 valence electrons. The van der Waals surface area contributed by atoms with E-state index in [-0.39, 0.29) is 5.97 Å². The van der Waals surface area contributed by atoms with Crippen molar-refractivity contribution in [1.29, 1.82) is 0 Å². The second kappa shape index (κ2) is 16.4. The van der Waals surface area contributed by atoms with E-state index in [1.165, 1.54) is 19.3 Å². The molecule has 0 aromatic rings. The van der Waals surface area contributed by atoms with E-state index < -0.39 is 0 Å². The van der Waals surface area contributed by atoms with E-state index in [0.717, 1.165) is 19.4 Å². The third-order valence-electron chi connectivity index (χ3n) is 2.84. The molecular weight excluding hydrogens is 258 g/mol. The van der Waals surface area contributed by atoms with Crippen LogP contribution >= 0.6 is 0 Å². The van der Waals surface area contributed by atoms with Gasteiger partial charge >= 0.3 is 5.97 Å². The Morgan fingerprint density at radius 1 is 0.900 bits per heavy atom. The van der Waals surface area contributed by atoms with Crippen molar-refractivity contribution in [1.82, 2.24) is 5.32 Å². The summed E-state index contributed by atoms with van der Waals surface area (Å²) in [6, 6.07) is 0. The number of ether oxygens (including phenoxy) is 3. The fourth-order valence-electron chi connectivity index (χ4n) is 1.66. The van der Waals surface area contributed by atoms with Gasteiger partial charge in [0.1, 0.15) is 6.61 Å². The molecule has 5 heteroatoms. The van der Waals surface area contributed by atoms with Crippen molar-refractivity contribution in [2.75, 3.05) is 46.6 Å². The van der Waals surface area contributed by atoms with Gasteiger partial charge in [0.25, 0.3) is 0 Å². The van der Waals surface area contributed by atoms with Crippen molar-refractivity contribution in [3.8, 4) is 0 Å². The number of carbonyl (C=O) groups is 1. The van der Waals surface area contributed by atoms with Crippen LogP contribution in [0.5, 0.6) is 0 Å². The quantitative estimate of drug-likeness (QED) is 0.370. The minimum Gasteiger partial charge on any atom is -0.463 e. The summed E-state index contributed by atoms with van der Waals surface area (Å²) < 4.78 is 15.7. The van der Waals surface area contributed by atoms with Crippen LogP contribution in [0.4, 0.5) is 0 Å². The first-order chi connectivity index (χ1) is 9.81. The molecule has 0 heterocycles. The molecule has 0 saturated heterocycles. The molecule has 0 fully saturated rings. The number of hydrogen-bond donors (Lipinski definition) is 1. The number of unbranched alkanes of at least 4 members (excludes halogenated alkanes) is 4. The summed E-state index contributed by atoms with van der Waals surface area (Å²) in [6.45, 7) is 5.61. The molecule has 0 saturated carbocycles. The van der Waals surface area contributed by atoms with Gasteiger partial charge in [-0.2, -0.15) is 0 Å². The highest BCUT2D eigenvalue weighted by molar-refractivity contribution is 5.69. The number of nitrogens with one attached hydrogen (secondary N) is 1. The largest absolute Gasteiger partial charge is 0.463 e. The summed E-state index contributed by atoms with van der Waals surface area (Å²) in [6.07, 6.45) is 6.25. The molecule has 0 rings (SSSR count). The second-order valence-corrected chi connectivity index (χ2v) is 4.71. The van der Waals surface area contributed by atoms with Crippen molar-refractivity contribution in [3.63, 3.8) is 0 Å². The third-order valence-corrected chi connectivity index (χ3v) is 2.84. The zero-order valence-electron chi connectivity index (χ0n) is 13.1. The van der Waals surface area contributed by atoms with Crippen molar-refractivity contribution in [2.45, 2.75) is 45.4 Å². The second-order valence-electron chi connectivity index (χ2n) is 4.71. The normalized spacial score (nSPS) is 10.7. The zero-order valence-corrected chi connectivity index (χ0v) is 13.1. The molecule has 1 N–H and O–H groups in total. The van der Waals surface area contributed by atoms with Crippen LogP contribution in [0.1, 0.15) is 45.4 Å². The maximum Gasteiger partial charge on any atom is 0.305 e. The molecule has 0 aliphatic carbocycles. The molecule has 0 bridgehead atoms. The Morgan fingerprint density at radius 3 is 2.25 bits per heavy atom. The summed E-state index contributed by atoms with van der Waals surface area (Å²) in [4.78, 5) is 11.4. The lowest BCUT2D eigenvalue weighted by atomic mass is 10.1. The van der Waals surface area contributed by atoms with Crippen LogP contribution in [-0.4, -0.2) is 52.6 Å². The number of likely N-dealkylation sites (N-methyl/N-ethyl adjacent to an activating group) is 1. The smallest absolute Gasteiger partial charge is 0.305 e. The lowest BCUT2D eigenvalue weighted by Gasteiger charge is -2.07. The Balaban J connectivity index is 3.11. The molecule has 20 heavy (non-hydrogen) atoms. The van der Waals surface area contributed by atoms with Crippen molar-refractivity contribution >= 4 is 5.97 Å². The Labute approximate surface area is 123 Å². The van der Waals surface area contributed by atoms with Gasteiger partial charge in [-0.1, -0.05) is 32.6 Å². The highest BCUT2D eigenvalue weighted by atomic mass is 16.6. The molecule has 0 radical (unpaired) electrons. The van der Waals surface area contributed by atoms with Gasteiger partial charge in [-0.05, 0) is 13.5 Å². The topological polar surface area (TPSA) is 56.8 Å². The fourth-order valence-corrected chi connectivity index (χ4v) is 1.66. The van der Waals surface area contributed by atoms with Crippen molar-refractivity contribution in [3.05, 3.63) is 0 Å². The Kier molecular flexibility index (Phi) is 15.9. The lowest BCUT2D eigenvalue weighted by molar-refractivity contribution is -0.145. The van der Waals surface area contributed by atoms with Crippen LogP contribution < -0.4 is 5.32 Å². The highest BCUT2D eigenvalue weighted by Gasteiger charge is 2.02. The van der Waals surface area contributed by atoms with Gasteiger partial charge < -0.3 is 19.5 Å². The average molecular weight is 289 g/mol. The Morgan fingerprint density at radius 2 is 1.55 bits per heavy atom. The van der Waals surface area contributed by atoms with Crippen LogP contribution in [0.25, 0.3) is 0 Å². The molecule has 0 aromatic heterocycles. The lowest BCUT2D eigenvalue weighted by Crippen LogP contribution is -2.17. The molecule has 5 nitrogen and oxygen atoms in total. The zero-order chi connectivity index (χ0) is 14.9. The molecule has 0 amide bonds. The molecule has 0 atom stereocenters. The van der Waals surface area contributed by atoms with E-state index in [2.05, 4.69) is 12.2 Å². The summed E-state index contributed by atoms with van der Waals surface area (Å²) in [5, 5.41) is 3.00. The Bertz CT molecular complexity index is 212. The average Bonchev–Trinajstić information content (AvgIpc) is 2.45. The van der Waals surface area contributed by atoms with Gasteiger partial charge in [0.05, 0.1) is 26.4 Å². The number of esters is 1. The van der Waals surface area contributed by atoms with Gasteiger partial charge in [0.2, 0.25) is 0 Å². The van der Waals surface area contributed by atoms with E-state index in [1.807, 2.05) is 7.05 Å². The first-order valence-electron chi connectivity index (χ1n) is 7.77. The Hall–Kier alpha value is -0.650. The van der Waals surface area contributed by atoms with Gasteiger partial charge in [-0.15, -0.1) is 0 Å². The van der Waals surface area contributed by atoms with Crippen LogP contribution in [0.2, 0.25) is 0 Å². The van der Waals surface area contributed by atoms with E-state index in [1.54, 1.807) is 0 Å². The molecule has 0 spiro atoms. The van der Waals surface area contributed by atoms with E-state index >= 15 is 0 Å². The number of hydrogen-bond acceptors (Lipinski definition) is 5. The predicted molar refractivity (Wildman–Crippen MR) is 79.9 cm³/mol. The van der Waals surface area contributed by atoms with Crippen molar-refractivity contribution < 1.29 is 19.0 Å². The minimum atomic E-state index is -0.115. The van der Waals surface area contributed by atoms with Crippen LogP contribution in [0.3, 0.4) is 0 Å². The highest BCUT2D eigenvalue weighted by Crippen LogP contribution is 2.05. The van der Waals surface area contributed by atoms with E-state index in [4.69, 9.17) is 14.2 Å². The van der Waals surface area contributed by atoms with E-state index in [9.17, 15) is 4.79 Å². The molecular formula is C15H31NO4. The van der Waals surface area contributed by atoms with Gasteiger partial charge in [-0.25, -0.2) is 0 Å². The maximum absolute atomic E-state index is 11.4. The molecule has 0 aromatic carbocycles. The van der Waals surface area contributed by atoms with Gasteiger partial charge in [-0.3, -0.25) is 4.79 Å². The van der Waals surface area contributed by atoms with Gasteiger partial charge in [0.15, 0.2) is 0 Å². The fraction of sp³-hybridized carbons (Fsp3) is 0.933. The van der Waals surface area contributed by atoms with Crippen LogP contribution in [0, 0.1) is 0 Å². The van der Waals surface area contributed by atoms with Gasteiger partial charge in [0, 0.05) is 13.0 Å². The number of carbonyl (C=O) groups excluding carboxylic acids is 1. The van der Waals surface area contributed by atoms with Crippen molar-refractivity contribution in [2.24, 2.45) is 0 Å². The van der Waals surface area contributed by atoms with Crippen LogP contribution in [-0.2, 0) is 19.0 Å². The SMILES string of the molecule is CCCCCCCC(=O)OCCOCCOCCNC.